The van der Waals surface area contributed by atoms with Crippen LogP contribution in [0.1, 0.15) is 76.6 Å². The van der Waals surface area contributed by atoms with E-state index in [1.807, 2.05) is 34.7 Å². The van der Waals surface area contributed by atoms with E-state index in [4.69, 9.17) is 15.2 Å². The van der Waals surface area contributed by atoms with Crippen LogP contribution in [0.15, 0.2) is 41.8 Å². The number of carboxylic acid groups (broad SMARTS) is 2. The van der Waals surface area contributed by atoms with Crippen LogP contribution in [-0.4, -0.2) is 60.1 Å². The first-order valence-electron chi connectivity index (χ1n) is 14.6. The first-order valence-corrected chi connectivity index (χ1v) is 16.7. The van der Waals surface area contributed by atoms with Gasteiger partial charge in [0.2, 0.25) is 5.95 Å². The molecule has 13 nitrogen and oxygen atoms in total. The van der Waals surface area contributed by atoms with Crippen LogP contribution in [0, 0.1) is 29.8 Å². The maximum Gasteiger partial charge on any atom is 1.00 e. The Bertz CT molecular complexity index is 1620. The van der Waals surface area contributed by atoms with Crippen molar-refractivity contribution in [3.63, 3.8) is 0 Å². The van der Waals surface area contributed by atoms with Crippen LogP contribution >= 0.6 is 45.2 Å². The molecule has 1 fully saturated rings. The minimum absolute atomic E-state index is 0. The number of nitrogens with zero attached hydrogens (tertiary/aromatic N) is 5. The van der Waals surface area contributed by atoms with Gasteiger partial charge >= 0.3 is 150 Å². The van der Waals surface area contributed by atoms with Gasteiger partial charge in [-0.2, -0.15) is 14.6 Å². The van der Waals surface area contributed by atoms with Crippen LogP contribution < -0.4 is 148 Å². The van der Waals surface area contributed by atoms with Crippen molar-refractivity contribution < 1.29 is 178 Å². The third kappa shape index (κ3) is 14.9. The van der Waals surface area contributed by atoms with Gasteiger partial charge in [-0.3, -0.25) is 4.79 Å². The summed E-state index contributed by atoms with van der Waals surface area (Å²) < 4.78 is 15.7. The third-order valence-corrected chi connectivity index (χ3v) is 9.30. The number of rotatable bonds is 4. The molecule has 0 amide bonds. The number of hydrogen-bond acceptors (Lipinski definition) is 10. The van der Waals surface area contributed by atoms with Crippen molar-refractivity contribution in [3.8, 4) is 5.82 Å². The Labute approximate surface area is 430 Å². The molecule has 2 unspecified atom stereocenters. The molecule has 3 N–H and O–H groups in total. The Kier molecular flexibility index (Phi) is 21.8. The van der Waals surface area contributed by atoms with Gasteiger partial charge in [0, 0.05) is 37.1 Å². The summed E-state index contributed by atoms with van der Waals surface area (Å²) in [6, 6.07) is 7.18. The van der Waals surface area contributed by atoms with Gasteiger partial charge in [-0.25, -0.2) is 24.2 Å². The van der Waals surface area contributed by atoms with Crippen molar-refractivity contribution in [2.24, 2.45) is 21.8 Å². The summed E-state index contributed by atoms with van der Waals surface area (Å²) in [6.07, 6.45) is 8.75. The zero-order chi connectivity index (χ0) is 34.9. The van der Waals surface area contributed by atoms with Gasteiger partial charge in [0.25, 0.3) is 6.47 Å². The summed E-state index contributed by atoms with van der Waals surface area (Å²) in [4.78, 5) is 41.3. The van der Waals surface area contributed by atoms with Crippen molar-refractivity contribution >= 4 is 69.3 Å². The molecule has 6 rings (SSSR count). The molecule has 0 bridgehead atoms. The number of carbonyl (C=O) groups is 3. The monoisotopic (exact) mass is 1140 g/mol. The molecule has 0 radical (unpaired) electrons. The SMILES string of the molecule is CC1(C)CCC2C(C(=O)O)=NNC2C1.CC1(C)CCc2c(C(=O)O)nn(-c3cc(I)ccn3)c2C1.Fc1cc(I)ccn1.O=CO[O-].[Cs+].[Cs+].[H-]. The van der Waals surface area contributed by atoms with Gasteiger partial charge in [-0.05, 0) is 113 Å². The van der Waals surface area contributed by atoms with Crippen molar-refractivity contribution in [1.82, 2.24) is 25.2 Å². The Hall–Kier alpha value is 0.844. The van der Waals surface area contributed by atoms with Crippen LogP contribution in [0.25, 0.3) is 5.82 Å². The second-order valence-corrected chi connectivity index (χ2v) is 15.2. The number of aromatic carboxylic acids is 1. The first kappa shape index (κ1) is 47.9. The fourth-order valence-corrected chi connectivity index (χ4v) is 6.53. The molecule has 3 aromatic heterocycles. The molecule has 1 aliphatic heterocycles. The first-order chi connectivity index (χ1) is 22.1. The number of pyridine rings is 2. The maximum atomic E-state index is 12.1. The predicted molar refractivity (Wildman–Crippen MR) is 185 cm³/mol. The van der Waals surface area contributed by atoms with E-state index in [1.165, 1.54) is 12.3 Å². The summed E-state index contributed by atoms with van der Waals surface area (Å²) in [5, 5.41) is 35.0. The number of carbonyl (C=O) groups excluding carboxylic acids is 1. The average Bonchev–Trinajstić information content (AvgIpc) is 3.58. The van der Waals surface area contributed by atoms with Crippen LogP contribution in [-0.2, 0) is 27.3 Å². The average molecular weight is 1140 g/mol. The normalized spacial score (nSPS) is 18.8. The maximum absolute atomic E-state index is 12.1. The number of aromatic nitrogens is 4. The molecule has 3 aliphatic rings. The largest absolute Gasteiger partial charge is 1.00 e. The van der Waals surface area contributed by atoms with E-state index in [0.29, 0.717) is 16.9 Å². The van der Waals surface area contributed by atoms with Crippen molar-refractivity contribution in [1.29, 1.82) is 0 Å². The van der Waals surface area contributed by atoms with E-state index in [9.17, 15) is 19.1 Å². The van der Waals surface area contributed by atoms with E-state index < -0.39 is 17.9 Å². The number of hydrazone groups is 1. The number of hydrogen-bond donors (Lipinski definition) is 3. The van der Waals surface area contributed by atoms with Crippen LogP contribution in [0.5, 0.6) is 0 Å². The second-order valence-electron chi connectivity index (χ2n) is 12.7. The predicted octanol–water partition coefficient (Wildman–Crippen LogP) is -1.31. The molecule has 4 heterocycles. The molecule has 0 spiro atoms. The number of halogens is 3. The standard InChI is InChI=1S/C15H16IN3O2.C10H16N2O2.C5H3FIN.CH2O3.2Cs.H/c1-15(2)5-3-10-11(8-15)19(18-13(10)14(20)21)12-7-9(16)4-6-17-12;1-10(2)4-3-6-7(5-10)11-12-8(6)9(13)14;6-5-3-4(7)1-2-8-5;2-1-4-3;;;/h4,6-7H,3,5,8H2,1-2H3,(H,20,21);6-7,11H,3-5H2,1-2H3,(H,13,14);1-3H;1,3H;;;/q;;;;2*+1;-1/p-1. The molecular weight excluding hydrogens is 1110 g/mol. The molecule has 256 valence electrons. The molecule has 1 saturated carbocycles. The molecule has 3 aromatic rings. The number of fused-ring (bicyclic) bond motifs is 2. The van der Waals surface area contributed by atoms with E-state index in [-0.39, 0.29) is 169 Å². The summed E-state index contributed by atoms with van der Waals surface area (Å²) >= 11 is 4.24. The zero-order valence-corrected chi connectivity index (χ0v) is 45.1. The minimum atomic E-state index is -0.963. The molecule has 0 aromatic carbocycles. The van der Waals surface area contributed by atoms with E-state index in [0.717, 1.165) is 56.9 Å². The van der Waals surface area contributed by atoms with Gasteiger partial charge < -0.3 is 27.2 Å². The van der Waals surface area contributed by atoms with Crippen LogP contribution in [0.3, 0.4) is 0 Å². The fraction of sp³-hybridized carbons (Fsp3) is 0.452. The Morgan fingerprint density at radius 1 is 1.06 bits per heavy atom. The Morgan fingerprint density at radius 3 is 2.18 bits per heavy atom. The van der Waals surface area contributed by atoms with Gasteiger partial charge in [0.15, 0.2) is 11.5 Å². The van der Waals surface area contributed by atoms with Gasteiger partial charge in [0.05, 0.1) is 11.7 Å². The van der Waals surface area contributed by atoms with Crippen LogP contribution in [0.4, 0.5) is 4.39 Å². The summed E-state index contributed by atoms with van der Waals surface area (Å²) in [5.74, 6) is -1.44. The minimum Gasteiger partial charge on any atom is -1.00 e. The summed E-state index contributed by atoms with van der Waals surface area (Å²) in [6.45, 7) is 8.68. The summed E-state index contributed by atoms with van der Waals surface area (Å²) in [7, 11) is 0. The number of nitrogens with one attached hydrogen (secondary N) is 1. The van der Waals surface area contributed by atoms with Gasteiger partial charge in [-0.1, -0.05) is 27.7 Å². The fourth-order valence-electron chi connectivity index (χ4n) is 5.68. The van der Waals surface area contributed by atoms with Gasteiger partial charge in [0.1, 0.15) is 5.71 Å². The Morgan fingerprint density at radius 2 is 1.67 bits per heavy atom. The number of carboxylic acids is 2. The quantitative estimate of drug-likeness (QED) is 0.0926. The van der Waals surface area contributed by atoms with E-state index in [1.54, 1.807) is 16.9 Å². The van der Waals surface area contributed by atoms with Crippen LogP contribution in [0.2, 0.25) is 0 Å². The second kappa shape index (κ2) is 22.3. The third-order valence-electron chi connectivity index (χ3n) is 7.95. The molecule has 49 heavy (non-hydrogen) atoms. The molecule has 18 heteroatoms. The molecular formula is C31H37Cs2FI2N6O7. The van der Waals surface area contributed by atoms with E-state index >= 15 is 0 Å². The zero-order valence-electron chi connectivity index (χ0n) is 29.2. The van der Waals surface area contributed by atoms with E-state index in [2.05, 4.69) is 80.8 Å². The molecule has 2 atom stereocenters. The number of aliphatic carboxylic acids is 1. The topological polar surface area (TPSA) is 192 Å². The smallest absolute Gasteiger partial charge is 1.00 e. The molecule has 0 saturated heterocycles. The Balaban J connectivity index is 0.000000718. The van der Waals surface area contributed by atoms with Crippen molar-refractivity contribution in [3.05, 3.63) is 66.7 Å². The van der Waals surface area contributed by atoms with Crippen molar-refractivity contribution in [2.45, 2.75) is 72.3 Å². The summed E-state index contributed by atoms with van der Waals surface area (Å²) in [5.41, 5.74) is 5.77. The van der Waals surface area contributed by atoms with Gasteiger partial charge in [-0.15, -0.1) is 0 Å². The molecule has 2 aliphatic carbocycles. The van der Waals surface area contributed by atoms with Crippen molar-refractivity contribution in [2.75, 3.05) is 0 Å².